The Morgan fingerprint density at radius 3 is 2.33 bits per heavy atom. The van der Waals surface area contributed by atoms with Gasteiger partial charge in [0.1, 0.15) is 6.61 Å². The second-order valence-electron chi connectivity index (χ2n) is 4.08. The van der Waals surface area contributed by atoms with Crippen LogP contribution in [-0.4, -0.2) is 38.0 Å². The zero-order chi connectivity index (χ0) is 12.1. The first-order chi connectivity index (χ1) is 6.67. The van der Waals surface area contributed by atoms with Gasteiger partial charge in [-0.05, 0) is 20.8 Å². The Labute approximate surface area is 90.0 Å². The zero-order valence-corrected chi connectivity index (χ0v) is 10.1. The maximum absolute atomic E-state index is 11.6. The number of carbonyl (C=O) groups is 1. The molecule has 0 radical (unpaired) electrons. The summed E-state index contributed by atoms with van der Waals surface area (Å²) >= 11 is 0. The highest BCUT2D eigenvalue weighted by Gasteiger charge is 2.28. The maximum Gasteiger partial charge on any atom is 0.245 e. The minimum Gasteiger partial charge on any atom is -0.368 e. The van der Waals surface area contributed by atoms with E-state index in [1.165, 1.54) is 0 Å². The Balaban J connectivity index is 3.83. The average Bonchev–Trinajstić information content (AvgIpc) is 2.00. The highest BCUT2D eigenvalue weighted by atomic mass is 32.2. The van der Waals surface area contributed by atoms with E-state index in [1.54, 1.807) is 20.8 Å². The standard InChI is InChI=1S/C8H18N2O4S/c1-8(2,3)15(12,13)5-4-10-14-6-7(9)11/h10H,4-6H2,1-3H3,(H2,9,11). The molecule has 0 aliphatic heterocycles. The molecule has 0 heterocycles. The van der Waals surface area contributed by atoms with E-state index < -0.39 is 20.5 Å². The molecule has 0 atom stereocenters. The molecular formula is C8H18N2O4S. The number of rotatable bonds is 6. The molecular weight excluding hydrogens is 220 g/mol. The number of hydroxylamine groups is 1. The fourth-order valence-electron chi connectivity index (χ4n) is 0.677. The molecule has 0 aliphatic rings. The van der Waals surface area contributed by atoms with E-state index in [1.807, 2.05) is 0 Å². The number of amides is 1. The zero-order valence-electron chi connectivity index (χ0n) is 9.24. The molecule has 0 saturated carbocycles. The van der Waals surface area contributed by atoms with Gasteiger partial charge in [-0.15, -0.1) is 0 Å². The summed E-state index contributed by atoms with van der Waals surface area (Å²) in [7, 11) is -3.16. The highest BCUT2D eigenvalue weighted by Crippen LogP contribution is 2.14. The van der Waals surface area contributed by atoms with Crippen molar-refractivity contribution in [1.82, 2.24) is 5.48 Å². The SMILES string of the molecule is CC(C)(C)S(=O)(=O)CCNOCC(N)=O. The third-order valence-corrected chi connectivity index (χ3v) is 4.33. The van der Waals surface area contributed by atoms with E-state index in [-0.39, 0.29) is 18.9 Å². The highest BCUT2D eigenvalue weighted by molar-refractivity contribution is 7.92. The third kappa shape index (κ3) is 5.71. The van der Waals surface area contributed by atoms with Crippen LogP contribution in [0.3, 0.4) is 0 Å². The van der Waals surface area contributed by atoms with Gasteiger partial charge in [-0.25, -0.2) is 13.9 Å². The van der Waals surface area contributed by atoms with Crippen LogP contribution in [0, 0.1) is 0 Å². The summed E-state index contributed by atoms with van der Waals surface area (Å²) in [6.07, 6.45) is 0. The third-order valence-electron chi connectivity index (χ3n) is 1.72. The van der Waals surface area contributed by atoms with Gasteiger partial charge in [0.2, 0.25) is 5.91 Å². The lowest BCUT2D eigenvalue weighted by Gasteiger charge is -2.18. The van der Waals surface area contributed by atoms with Crippen LogP contribution in [0.1, 0.15) is 20.8 Å². The van der Waals surface area contributed by atoms with Crippen LogP contribution in [0.15, 0.2) is 0 Å². The number of primary amides is 1. The smallest absolute Gasteiger partial charge is 0.245 e. The predicted molar refractivity (Wildman–Crippen MR) is 56.7 cm³/mol. The molecule has 0 aromatic heterocycles. The van der Waals surface area contributed by atoms with Crippen LogP contribution in [0.5, 0.6) is 0 Å². The molecule has 0 rings (SSSR count). The van der Waals surface area contributed by atoms with Crippen LogP contribution < -0.4 is 11.2 Å². The van der Waals surface area contributed by atoms with Crippen molar-refractivity contribution in [1.29, 1.82) is 0 Å². The number of sulfone groups is 1. The molecule has 0 bridgehead atoms. The first-order valence-corrected chi connectivity index (χ1v) is 6.17. The second-order valence-corrected chi connectivity index (χ2v) is 6.94. The van der Waals surface area contributed by atoms with Gasteiger partial charge in [0.25, 0.3) is 0 Å². The van der Waals surface area contributed by atoms with E-state index in [0.717, 1.165) is 0 Å². The van der Waals surface area contributed by atoms with Crippen LogP contribution in [0.2, 0.25) is 0 Å². The number of carbonyl (C=O) groups excluding carboxylic acids is 1. The summed E-state index contributed by atoms with van der Waals surface area (Å²) in [5.74, 6) is -0.656. The summed E-state index contributed by atoms with van der Waals surface area (Å²) in [5.41, 5.74) is 7.17. The number of hydrogen-bond donors (Lipinski definition) is 2. The van der Waals surface area contributed by atoms with Crippen molar-refractivity contribution in [2.24, 2.45) is 5.73 Å². The molecule has 1 amide bonds. The summed E-state index contributed by atoms with van der Waals surface area (Å²) in [6.45, 7) is 4.76. The molecule has 3 N–H and O–H groups in total. The van der Waals surface area contributed by atoms with Crippen molar-refractivity contribution in [2.45, 2.75) is 25.5 Å². The molecule has 0 aliphatic carbocycles. The lowest BCUT2D eigenvalue weighted by atomic mass is 10.3. The van der Waals surface area contributed by atoms with E-state index in [4.69, 9.17) is 5.73 Å². The molecule has 6 nitrogen and oxygen atoms in total. The first kappa shape index (κ1) is 14.3. The molecule has 0 spiro atoms. The summed E-state index contributed by atoms with van der Waals surface area (Å²) in [5, 5.41) is 0. The van der Waals surface area contributed by atoms with Gasteiger partial charge in [-0.1, -0.05) is 0 Å². The summed E-state index contributed by atoms with van der Waals surface area (Å²) < 4.78 is 22.3. The minimum atomic E-state index is -3.16. The molecule has 0 aromatic carbocycles. The molecule has 0 fully saturated rings. The van der Waals surface area contributed by atoms with Crippen molar-refractivity contribution in [3.05, 3.63) is 0 Å². The van der Waals surface area contributed by atoms with E-state index in [9.17, 15) is 13.2 Å². The fraction of sp³-hybridized carbons (Fsp3) is 0.875. The molecule has 0 saturated heterocycles. The van der Waals surface area contributed by atoms with Gasteiger partial charge in [-0.2, -0.15) is 0 Å². The van der Waals surface area contributed by atoms with E-state index in [2.05, 4.69) is 10.3 Å². The second kappa shape index (κ2) is 5.43. The maximum atomic E-state index is 11.6. The quantitative estimate of drug-likeness (QED) is 0.466. The van der Waals surface area contributed by atoms with Gasteiger partial charge in [0.15, 0.2) is 9.84 Å². The van der Waals surface area contributed by atoms with Gasteiger partial charge in [0, 0.05) is 6.54 Å². The molecule has 90 valence electrons. The van der Waals surface area contributed by atoms with Crippen molar-refractivity contribution >= 4 is 15.7 Å². The lowest BCUT2D eigenvalue weighted by molar-refractivity contribution is -0.125. The van der Waals surface area contributed by atoms with Crippen LogP contribution >= 0.6 is 0 Å². The van der Waals surface area contributed by atoms with Crippen molar-refractivity contribution < 1.29 is 18.0 Å². The van der Waals surface area contributed by atoms with Crippen molar-refractivity contribution in [3.63, 3.8) is 0 Å². The topological polar surface area (TPSA) is 98.5 Å². The summed E-state index contributed by atoms with van der Waals surface area (Å²) in [6, 6.07) is 0. The minimum absolute atomic E-state index is 0.0464. The Hall–Kier alpha value is -0.660. The van der Waals surface area contributed by atoms with Gasteiger partial charge < -0.3 is 5.73 Å². The van der Waals surface area contributed by atoms with Crippen LogP contribution in [-0.2, 0) is 19.5 Å². The normalized spacial score (nSPS) is 12.7. The Morgan fingerprint density at radius 1 is 1.40 bits per heavy atom. The number of nitrogens with two attached hydrogens (primary N) is 1. The molecule has 15 heavy (non-hydrogen) atoms. The fourth-order valence-corrected chi connectivity index (χ4v) is 1.64. The molecule has 7 heteroatoms. The van der Waals surface area contributed by atoms with E-state index in [0.29, 0.717) is 0 Å². The first-order valence-electron chi connectivity index (χ1n) is 4.52. The van der Waals surface area contributed by atoms with E-state index >= 15 is 0 Å². The largest absolute Gasteiger partial charge is 0.368 e. The lowest BCUT2D eigenvalue weighted by Crippen LogP contribution is -2.35. The molecule has 0 unspecified atom stereocenters. The van der Waals surface area contributed by atoms with Crippen molar-refractivity contribution in [3.8, 4) is 0 Å². The Bertz CT molecular complexity index is 305. The Morgan fingerprint density at radius 2 is 1.93 bits per heavy atom. The van der Waals surface area contributed by atoms with Gasteiger partial charge in [0.05, 0.1) is 10.5 Å². The number of hydrogen-bond acceptors (Lipinski definition) is 5. The van der Waals surface area contributed by atoms with Crippen molar-refractivity contribution in [2.75, 3.05) is 18.9 Å². The van der Waals surface area contributed by atoms with Crippen LogP contribution in [0.25, 0.3) is 0 Å². The van der Waals surface area contributed by atoms with Gasteiger partial charge >= 0.3 is 0 Å². The predicted octanol–water partition coefficient (Wildman–Crippen LogP) is -0.794. The van der Waals surface area contributed by atoms with Gasteiger partial charge in [-0.3, -0.25) is 9.63 Å². The number of nitrogens with one attached hydrogen (secondary N) is 1. The monoisotopic (exact) mass is 238 g/mol. The van der Waals surface area contributed by atoms with Crippen LogP contribution in [0.4, 0.5) is 0 Å². The Kier molecular flexibility index (Phi) is 5.19. The summed E-state index contributed by atoms with van der Waals surface area (Å²) in [4.78, 5) is 14.9. The average molecular weight is 238 g/mol. The molecule has 0 aromatic rings.